The lowest BCUT2D eigenvalue weighted by Gasteiger charge is -2.25. The van der Waals surface area contributed by atoms with Crippen LogP contribution < -0.4 is 5.32 Å². The SMILES string of the molecule is CN(C)CC1(NC(=O)OC(C)(C)C)CC1. The van der Waals surface area contributed by atoms with Crippen molar-refractivity contribution in [1.82, 2.24) is 10.2 Å². The maximum absolute atomic E-state index is 11.5. The number of rotatable bonds is 3. The van der Waals surface area contributed by atoms with Crippen LogP contribution in [0.1, 0.15) is 33.6 Å². The van der Waals surface area contributed by atoms with Crippen LogP contribution in [-0.4, -0.2) is 42.8 Å². The monoisotopic (exact) mass is 214 g/mol. The number of alkyl carbamates (subject to hydrolysis) is 1. The Hall–Kier alpha value is -0.770. The van der Waals surface area contributed by atoms with Crippen LogP contribution in [0.2, 0.25) is 0 Å². The Labute approximate surface area is 92.0 Å². The van der Waals surface area contributed by atoms with Gasteiger partial charge in [-0.25, -0.2) is 4.79 Å². The van der Waals surface area contributed by atoms with Gasteiger partial charge in [0.1, 0.15) is 5.60 Å². The molecular weight excluding hydrogens is 192 g/mol. The molecule has 0 aromatic rings. The molecule has 0 atom stereocenters. The molecule has 1 aliphatic carbocycles. The average molecular weight is 214 g/mol. The molecular formula is C11H22N2O2. The second-order valence-corrected chi connectivity index (χ2v) is 5.65. The van der Waals surface area contributed by atoms with Gasteiger partial charge in [-0.2, -0.15) is 0 Å². The number of carbonyl (C=O) groups is 1. The van der Waals surface area contributed by atoms with E-state index in [0.29, 0.717) is 0 Å². The third-order valence-corrected chi connectivity index (χ3v) is 2.24. The van der Waals surface area contributed by atoms with E-state index in [0.717, 1.165) is 19.4 Å². The summed E-state index contributed by atoms with van der Waals surface area (Å²) in [6.45, 7) is 6.50. The number of ether oxygens (including phenoxy) is 1. The molecule has 1 N–H and O–H groups in total. The minimum absolute atomic E-state index is 0.0359. The van der Waals surface area contributed by atoms with Crippen molar-refractivity contribution >= 4 is 6.09 Å². The van der Waals surface area contributed by atoms with E-state index in [4.69, 9.17) is 4.74 Å². The summed E-state index contributed by atoms with van der Waals surface area (Å²) >= 11 is 0. The molecule has 15 heavy (non-hydrogen) atoms. The fraction of sp³-hybridized carbons (Fsp3) is 0.909. The molecule has 4 heteroatoms. The number of hydrogen-bond acceptors (Lipinski definition) is 3. The van der Waals surface area contributed by atoms with Gasteiger partial charge in [0.25, 0.3) is 0 Å². The van der Waals surface area contributed by atoms with Gasteiger partial charge in [-0.15, -0.1) is 0 Å². The Morgan fingerprint density at radius 1 is 1.40 bits per heavy atom. The van der Waals surface area contributed by atoms with E-state index in [9.17, 15) is 4.79 Å². The molecule has 1 saturated carbocycles. The van der Waals surface area contributed by atoms with E-state index in [1.165, 1.54) is 0 Å². The van der Waals surface area contributed by atoms with Crippen LogP contribution in [0.3, 0.4) is 0 Å². The van der Waals surface area contributed by atoms with Crippen LogP contribution in [-0.2, 0) is 4.74 Å². The van der Waals surface area contributed by atoms with Crippen LogP contribution in [0, 0.1) is 0 Å². The molecule has 0 aliphatic heterocycles. The molecule has 0 heterocycles. The predicted molar refractivity (Wildman–Crippen MR) is 59.9 cm³/mol. The minimum Gasteiger partial charge on any atom is -0.444 e. The molecule has 0 bridgehead atoms. The van der Waals surface area contributed by atoms with Gasteiger partial charge < -0.3 is 15.0 Å². The van der Waals surface area contributed by atoms with E-state index >= 15 is 0 Å². The van der Waals surface area contributed by atoms with E-state index in [1.54, 1.807) is 0 Å². The first kappa shape index (κ1) is 12.3. The van der Waals surface area contributed by atoms with Gasteiger partial charge in [0, 0.05) is 6.54 Å². The van der Waals surface area contributed by atoms with Crippen molar-refractivity contribution in [2.45, 2.75) is 44.8 Å². The van der Waals surface area contributed by atoms with Crippen LogP contribution in [0.25, 0.3) is 0 Å². The number of nitrogens with one attached hydrogen (secondary N) is 1. The Morgan fingerprint density at radius 2 is 1.93 bits per heavy atom. The highest BCUT2D eigenvalue weighted by Gasteiger charge is 2.45. The lowest BCUT2D eigenvalue weighted by atomic mass is 10.2. The summed E-state index contributed by atoms with van der Waals surface area (Å²) in [6.07, 6.45) is 1.79. The largest absolute Gasteiger partial charge is 0.444 e. The van der Waals surface area contributed by atoms with Gasteiger partial charge in [-0.1, -0.05) is 0 Å². The Balaban J connectivity index is 2.38. The zero-order chi connectivity index (χ0) is 11.7. The second-order valence-electron chi connectivity index (χ2n) is 5.65. The lowest BCUT2D eigenvalue weighted by Crippen LogP contribution is -2.45. The number of amides is 1. The predicted octanol–water partition coefficient (Wildman–Crippen LogP) is 1.61. The third kappa shape index (κ3) is 4.51. The highest BCUT2D eigenvalue weighted by atomic mass is 16.6. The van der Waals surface area contributed by atoms with Crippen LogP contribution >= 0.6 is 0 Å². The van der Waals surface area contributed by atoms with E-state index in [1.807, 2.05) is 34.9 Å². The summed E-state index contributed by atoms with van der Waals surface area (Å²) in [6, 6.07) is 0. The molecule has 0 aromatic heterocycles. The molecule has 0 saturated heterocycles. The molecule has 0 spiro atoms. The highest BCUT2D eigenvalue weighted by Crippen LogP contribution is 2.35. The molecule has 0 radical (unpaired) electrons. The number of carbonyl (C=O) groups excluding carboxylic acids is 1. The summed E-state index contributed by atoms with van der Waals surface area (Å²) < 4.78 is 5.23. The summed E-state index contributed by atoms with van der Waals surface area (Å²) in [7, 11) is 4.02. The quantitative estimate of drug-likeness (QED) is 0.776. The first-order valence-electron chi connectivity index (χ1n) is 5.38. The van der Waals surface area contributed by atoms with E-state index < -0.39 is 5.60 Å². The standard InChI is InChI=1S/C11H22N2O2/c1-10(2,3)15-9(14)12-11(6-7-11)8-13(4)5/h6-8H2,1-5H3,(H,12,14). The molecule has 1 fully saturated rings. The van der Waals surface area contributed by atoms with Gasteiger partial charge in [-0.05, 0) is 47.7 Å². The van der Waals surface area contributed by atoms with Gasteiger partial charge in [0.15, 0.2) is 0 Å². The summed E-state index contributed by atoms with van der Waals surface area (Å²) in [5.41, 5.74) is -0.454. The van der Waals surface area contributed by atoms with Crippen molar-refractivity contribution in [2.75, 3.05) is 20.6 Å². The normalized spacial score (nSPS) is 18.8. The molecule has 1 aliphatic rings. The average Bonchev–Trinajstić information content (AvgIpc) is 2.61. The van der Waals surface area contributed by atoms with Crippen LogP contribution in [0.4, 0.5) is 4.79 Å². The summed E-state index contributed by atoms with van der Waals surface area (Å²) in [5, 5.41) is 2.95. The fourth-order valence-electron chi connectivity index (χ4n) is 1.60. The van der Waals surface area contributed by atoms with Crippen molar-refractivity contribution < 1.29 is 9.53 Å². The van der Waals surface area contributed by atoms with Crippen molar-refractivity contribution in [2.24, 2.45) is 0 Å². The maximum Gasteiger partial charge on any atom is 0.408 e. The summed E-state index contributed by atoms with van der Waals surface area (Å²) in [5.74, 6) is 0. The molecule has 88 valence electrons. The van der Waals surface area contributed by atoms with Gasteiger partial charge in [0.05, 0.1) is 5.54 Å². The van der Waals surface area contributed by atoms with Crippen molar-refractivity contribution in [3.8, 4) is 0 Å². The van der Waals surface area contributed by atoms with Crippen LogP contribution in [0.15, 0.2) is 0 Å². The lowest BCUT2D eigenvalue weighted by molar-refractivity contribution is 0.0488. The number of likely N-dealkylation sites (N-methyl/N-ethyl adjacent to an activating group) is 1. The zero-order valence-electron chi connectivity index (χ0n) is 10.4. The first-order chi connectivity index (χ1) is 6.72. The molecule has 1 amide bonds. The van der Waals surface area contributed by atoms with Gasteiger partial charge >= 0.3 is 6.09 Å². The molecule has 1 rings (SSSR count). The van der Waals surface area contributed by atoms with Crippen molar-refractivity contribution in [1.29, 1.82) is 0 Å². The second kappa shape index (κ2) is 4.00. The van der Waals surface area contributed by atoms with Crippen molar-refractivity contribution in [3.05, 3.63) is 0 Å². The molecule has 4 nitrogen and oxygen atoms in total. The first-order valence-corrected chi connectivity index (χ1v) is 5.38. The Kier molecular flexibility index (Phi) is 3.28. The zero-order valence-corrected chi connectivity index (χ0v) is 10.4. The van der Waals surface area contributed by atoms with Crippen molar-refractivity contribution in [3.63, 3.8) is 0 Å². The summed E-state index contributed by atoms with van der Waals surface area (Å²) in [4.78, 5) is 13.6. The Bertz CT molecular complexity index is 239. The maximum atomic E-state index is 11.5. The third-order valence-electron chi connectivity index (χ3n) is 2.24. The number of hydrogen-bond donors (Lipinski definition) is 1. The van der Waals surface area contributed by atoms with Gasteiger partial charge in [-0.3, -0.25) is 0 Å². The minimum atomic E-state index is -0.418. The topological polar surface area (TPSA) is 41.6 Å². The smallest absolute Gasteiger partial charge is 0.408 e. The van der Waals surface area contributed by atoms with E-state index in [-0.39, 0.29) is 11.6 Å². The Morgan fingerprint density at radius 3 is 2.27 bits per heavy atom. The molecule has 0 unspecified atom stereocenters. The molecule has 0 aromatic carbocycles. The number of nitrogens with zero attached hydrogens (tertiary/aromatic N) is 1. The van der Waals surface area contributed by atoms with Gasteiger partial charge in [0.2, 0.25) is 0 Å². The van der Waals surface area contributed by atoms with Crippen LogP contribution in [0.5, 0.6) is 0 Å². The fourth-order valence-corrected chi connectivity index (χ4v) is 1.60. The van der Waals surface area contributed by atoms with E-state index in [2.05, 4.69) is 10.2 Å². The highest BCUT2D eigenvalue weighted by molar-refractivity contribution is 5.69.